The van der Waals surface area contributed by atoms with E-state index in [0.717, 1.165) is 5.75 Å². The second kappa shape index (κ2) is 4.84. The van der Waals surface area contributed by atoms with Crippen molar-refractivity contribution in [2.45, 2.75) is 13.8 Å². The Morgan fingerprint density at radius 2 is 1.69 bits per heavy atom. The number of nitrogens with two attached hydrogens (primary N) is 1. The molecule has 0 atom stereocenters. The zero-order chi connectivity index (χ0) is 9.68. The van der Waals surface area contributed by atoms with Crippen molar-refractivity contribution in [2.24, 2.45) is 5.90 Å². The molecular formula is C10H15NO2. The number of hydrogen-bond acceptors (Lipinski definition) is 3. The van der Waals surface area contributed by atoms with Gasteiger partial charge in [0.05, 0.1) is 0 Å². The van der Waals surface area contributed by atoms with Gasteiger partial charge in [0.25, 0.3) is 0 Å². The molecule has 72 valence electrons. The van der Waals surface area contributed by atoms with Gasteiger partial charge in [0, 0.05) is 0 Å². The third kappa shape index (κ3) is 3.44. The van der Waals surface area contributed by atoms with Crippen LogP contribution in [0.3, 0.4) is 0 Å². The number of aryl methyl sites for hydroxylation is 2. The van der Waals surface area contributed by atoms with Crippen molar-refractivity contribution in [3.05, 3.63) is 29.3 Å². The molecule has 0 aliphatic heterocycles. The van der Waals surface area contributed by atoms with Gasteiger partial charge in [-0.2, -0.15) is 0 Å². The first-order valence-electron chi connectivity index (χ1n) is 4.25. The highest BCUT2D eigenvalue weighted by atomic mass is 16.6. The van der Waals surface area contributed by atoms with Crippen LogP contribution in [0.25, 0.3) is 0 Å². The maximum atomic E-state index is 5.40. The Kier molecular flexibility index (Phi) is 3.73. The standard InChI is InChI=1S/C10H15NO2/c1-8-5-9(2)7-10(6-8)12-3-4-13-11/h5-7H,3-4,11H2,1-2H3. The topological polar surface area (TPSA) is 44.5 Å². The summed E-state index contributed by atoms with van der Waals surface area (Å²) in [5.74, 6) is 5.74. The Hall–Kier alpha value is -1.06. The fourth-order valence-corrected chi connectivity index (χ4v) is 1.22. The summed E-state index contributed by atoms with van der Waals surface area (Å²) in [5, 5.41) is 0. The van der Waals surface area contributed by atoms with Gasteiger partial charge in [0.2, 0.25) is 0 Å². The van der Waals surface area contributed by atoms with E-state index in [4.69, 9.17) is 10.6 Å². The number of rotatable bonds is 4. The highest BCUT2D eigenvalue weighted by Gasteiger charge is 1.95. The van der Waals surface area contributed by atoms with E-state index in [1.807, 2.05) is 26.0 Å². The van der Waals surface area contributed by atoms with Crippen LogP contribution in [0.1, 0.15) is 11.1 Å². The minimum Gasteiger partial charge on any atom is -0.491 e. The molecule has 0 fully saturated rings. The molecule has 1 aromatic rings. The van der Waals surface area contributed by atoms with E-state index in [1.54, 1.807) is 0 Å². The Morgan fingerprint density at radius 1 is 1.08 bits per heavy atom. The second-order valence-electron chi connectivity index (χ2n) is 3.04. The average Bonchev–Trinajstić information content (AvgIpc) is 2.03. The molecule has 0 aromatic heterocycles. The second-order valence-corrected chi connectivity index (χ2v) is 3.04. The van der Waals surface area contributed by atoms with Crippen molar-refractivity contribution >= 4 is 0 Å². The first-order chi connectivity index (χ1) is 6.22. The summed E-state index contributed by atoms with van der Waals surface area (Å²) < 4.78 is 5.40. The molecule has 3 nitrogen and oxygen atoms in total. The van der Waals surface area contributed by atoms with Crippen molar-refractivity contribution < 1.29 is 9.57 Å². The fourth-order valence-electron chi connectivity index (χ4n) is 1.22. The predicted molar refractivity (Wildman–Crippen MR) is 51.6 cm³/mol. The summed E-state index contributed by atoms with van der Waals surface area (Å²) in [6.45, 7) is 4.98. The molecule has 0 saturated heterocycles. The summed E-state index contributed by atoms with van der Waals surface area (Å²) >= 11 is 0. The van der Waals surface area contributed by atoms with E-state index in [-0.39, 0.29) is 0 Å². The van der Waals surface area contributed by atoms with Crippen LogP contribution >= 0.6 is 0 Å². The molecule has 0 radical (unpaired) electrons. The van der Waals surface area contributed by atoms with E-state index >= 15 is 0 Å². The van der Waals surface area contributed by atoms with Gasteiger partial charge < -0.3 is 9.57 Å². The maximum absolute atomic E-state index is 5.40. The lowest BCUT2D eigenvalue weighted by molar-refractivity contribution is 0.102. The predicted octanol–water partition coefficient (Wildman–Crippen LogP) is 1.57. The molecular weight excluding hydrogens is 166 g/mol. The number of benzene rings is 1. The molecule has 3 heteroatoms. The fraction of sp³-hybridized carbons (Fsp3) is 0.400. The van der Waals surface area contributed by atoms with E-state index in [2.05, 4.69) is 10.9 Å². The number of ether oxygens (including phenoxy) is 1. The molecule has 0 bridgehead atoms. The van der Waals surface area contributed by atoms with E-state index in [1.165, 1.54) is 11.1 Å². The minimum atomic E-state index is 0.410. The van der Waals surface area contributed by atoms with Gasteiger partial charge in [-0.05, 0) is 37.1 Å². The molecule has 0 unspecified atom stereocenters. The zero-order valence-corrected chi connectivity index (χ0v) is 8.04. The van der Waals surface area contributed by atoms with Crippen LogP contribution in [0.2, 0.25) is 0 Å². The lowest BCUT2D eigenvalue weighted by Crippen LogP contribution is -2.10. The number of hydrogen-bond donors (Lipinski definition) is 1. The van der Waals surface area contributed by atoms with Gasteiger partial charge in [-0.1, -0.05) is 6.07 Å². The van der Waals surface area contributed by atoms with Gasteiger partial charge in [-0.25, -0.2) is 5.90 Å². The van der Waals surface area contributed by atoms with E-state index in [0.29, 0.717) is 13.2 Å². The summed E-state index contributed by atoms with van der Waals surface area (Å²) in [4.78, 5) is 4.40. The zero-order valence-electron chi connectivity index (χ0n) is 8.04. The van der Waals surface area contributed by atoms with Crippen molar-refractivity contribution in [3.63, 3.8) is 0 Å². The molecule has 0 saturated carbocycles. The average molecular weight is 181 g/mol. The SMILES string of the molecule is Cc1cc(C)cc(OCCON)c1. The minimum absolute atomic E-state index is 0.410. The normalized spacial score (nSPS) is 10.1. The van der Waals surface area contributed by atoms with Crippen molar-refractivity contribution in [3.8, 4) is 5.75 Å². The summed E-state index contributed by atoms with van der Waals surface area (Å²) in [5.41, 5.74) is 2.40. The van der Waals surface area contributed by atoms with Crippen LogP contribution in [-0.4, -0.2) is 13.2 Å². The first kappa shape index (κ1) is 10.0. The quantitative estimate of drug-likeness (QED) is 0.566. The molecule has 2 N–H and O–H groups in total. The monoisotopic (exact) mass is 181 g/mol. The molecule has 1 rings (SSSR count). The van der Waals surface area contributed by atoms with E-state index in [9.17, 15) is 0 Å². The van der Waals surface area contributed by atoms with Gasteiger partial charge in [0.1, 0.15) is 19.0 Å². The van der Waals surface area contributed by atoms with Crippen molar-refractivity contribution in [2.75, 3.05) is 13.2 Å². The highest BCUT2D eigenvalue weighted by Crippen LogP contribution is 2.15. The molecule has 0 aliphatic rings. The van der Waals surface area contributed by atoms with Crippen molar-refractivity contribution in [1.82, 2.24) is 0 Å². The van der Waals surface area contributed by atoms with Gasteiger partial charge in [-0.15, -0.1) is 0 Å². The smallest absolute Gasteiger partial charge is 0.119 e. The maximum Gasteiger partial charge on any atom is 0.119 e. The summed E-state index contributed by atoms with van der Waals surface area (Å²) in [6.07, 6.45) is 0. The van der Waals surface area contributed by atoms with E-state index < -0.39 is 0 Å². The van der Waals surface area contributed by atoms with Crippen molar-refractivity contribution in [1.29, 1.82) is 0 Å². The molecule has 0 heterocycles. The van der Waals surface area contributed by atoms with Crippen LogP contribution in [0.15, 0.2) is 18.2 Å². The van der Waals surface area contributed by atoms with Crippen LogP contribution in [0, 0.1) is 13.8 Å². The summed E-state index contributed by atoms with van der Waals surface area (Å²) in [6, 6.07) is 6.08. The highest BCUT2D eigenvalue weighted by molar-refractivity contribution is 5.32. The van der Waals surface area contributed by atoms with Gasteiger partial charge in [0.15, 0.2) is 0 Å². The lowest BCUT2D eigenvalue weighted by atomic mass is 10.1. The Balaban J connectivity index is 2.56. The molecule has 0 aliphatic carbocycles. The van der Waals surface area contributed by atoms with Crippen LogP contribution in [0.5, 0.6) is 5.75 Å². The Bertz CT molecular complexity index is 253. The molecule has 13 heavy (non-hydrogen) atoms. The van der Waals surface area contributed by atoms with Crippen LogP contribution < -0.4 is 10.6 Å². The third-order valence-corrected chi connectivity index (χ3v) is 1.67. The summed E-state index contributed by atoms with van der Waals surface area (Å²) in [7, 11) is 0. The Morgan fingerprint density at radius 3 is 2.23 bits per heavy atom. The lowest BCUT2D eigenvalue weighted by Gasteiger charge is -2.06. The molecule has 1 aromatic carbocycles. The van der Waals surface area contributed by atoms with Gasteiger partial charge in [-0.3, -0.25) is 0 Å². The largest absolute Gasteiger partial charge is 0.491 e. The molecule has 0 spiro atoms. The van der Waals surface area contributed by atoms with Crippen LogP contribution in [0.4, 0.5) is 0 Å². The molecule has 0 amide bonds. The van der Waals surface area contributed by atoms with Gasteiger partial charge >= 0.3 is 0 Å². The third-order valence-electron chi connectivity index (χ3n) is 1.67. The Labute approximate surface area is 78.4 Å². The van der Waals surface area contributed by atoms with Crippen LogP contribution in [-0.2, 0) is 4.84 Å². The first-order valence-corrected chi connectivity index (χ1v) is 4.25.